The normalized spacial score (nSPS) is 13.3. The number of amides is 2. The molecular formula is C24H25N3O2S. The molecule has 1 fully saturated rings. The Morgan fingerprint density at radius 1 is 1.03 bits per heavy atom. The molecule has 1 aromatic heterocycles. The van der Waals surface area contributed by atoms with E-state index in [1.165, 1.54) is 29.9 Å². The number of nitrogens with one attached hydrogen (secondary N) is 1. The lowest BCUT2D eigenvalue weighted by atomic mass is 10.1. The molecule has 0 bridgehead atoms. The monoisotopic (exact) mass is 419 g/mol. The summed E-state index contributed by atoms with van der Waals surface area (Å²) in [5.74, 6) is -0.328. The number of carbonyl (C=O) groups is 2. The Balaban J connectivity index is 1.52. The van der Waals surface area contributed by atoms with Gasteiger partial charge in [0, 0.05) is 37.7 Å². The molecule has 0 aliphatic carbocycles. The van der Waals surface area contributed by atoms with Crippen molar-refractivity contribution < 1.29 is 9.59 Å². The number of nitrogens with zero attached hydrogens (tertiary/aromatic N) is 2. The van der Waals surface area contributed by atoms with E-state index in [0.717, 1.165) is 18.7 Å². The van der Waals surface area contributed by atoms with Crippen molar-refractivity contribution in [1.82, 2.24) is 4.90 Å². The van der Waals surface area contributed by atoms with Crippen molar-refractivity contribution in [1.29, 1.82) is 0 Å². The summed E-state index contributed by atoms with van der Waals surface area (Å²) in [5, 5.41) is 6.53. The number of rotatable bonds is 6. The first-order chi connectivity index (χ1) is 14.6. The molecule has 2 amide bonds. The van der Waals surface area contributed by atoms with E-state index in [1.807, 2.05) is 29.6 Å². The van der Waals surface area contributed by atoms with Crippen molar-refractivity contribution in [2.45, 2.75) is 19.4 Å². The van der Waals surface area contributed by atoms with E-state index in [1.54, 1.807) is 35.5 Å². The van der Waals surface area contributed by atoms with Crippen LogP contribution in [-0.2, 0) is 6.54 Å². The van der Waals surface area contributed by atoms with Crippen molar-refractivity contribution >= 4 is 34.5 Å². The van der Waals surface area contributed by atoms with E-state index in [2.05, 4.69) is 22.3 Å². The number of thiophene rings is 1. The molecule has 1 aliphatic heterocycles. The minimum atomic E-state index is -0.210. The summed E-state index contributed by atoms with van der Waals surface area (Å²) < 4.78 is 0. The van der Waals surface area contributed by atoms with E-state index < -0.39 is 0 Å². The molecule has 4 rings (SSSR count). The highest BCUT2D eigenvalue weighted by molar-refractivity contribution is 7.08. The van der Waals surface area contributed by atoms with Gasteiger partial charge in [-0.3, -0.25) is 9.59 Å². The predicted octanol–water partition coefficient (Wildman–Crippen LogP) is 4.87. The summed E-state index contributed by atoms with van der Waals surface area (Å²) in [6.45, 7) is 2.64. The molecule has 30 heavy (non-hydrogen) atoms. The Morgan fingerprint density at radius 3 is 2.53 bits per heavy atom. The fourth-order valence-electron chi connectivity index (χ4n) is 3.81. The van der Waals surface area contributed by atoms with Crippen LogP contribution in [0.25, 0.3) is 0 Å². The Morgan fingerprint density at radius 2 is 1.77 bits per heavy atom. The fraction of sp³-hybridized carbons (Fsp3) is 0.250. The van der Waals surface area contributed by atoms with Gasteiger partial charge in [-0.25, -0.2) is 0 Å². The van der Waals surface area contributed by atoms with Gasteiger partial charge in [-0.1, -0.05) is 30.3 Å². The first kappa shape index (κ1) is 20.2. The average Bonchev–Trinajstić information content (AvgIpc) is 3.48. The van der Waals surface area contributed by atoms with E-state index in [0.29, 0.717) is 23.4 Å². The summed E-state index contributed by atoms with van der Waals surface area (Å²) in [6, 6.07) is 17.2. The third kappa shape index (κ3) is 4.39. The number of hydrogen-bond donors (Lipinski definition) is 1. The minimum Gasteiger partial charge on any atom is -0.371 e. The van der Waals surface area contributed by atoms with Gasteiger partial charge in [-0.15, -0.1) is 0 Å². The second kappa shape index (κ2) is 9.13. The van der Waals surface area contributed by atoms with Crippen LogP contribution in [0.3, 0.4) is 0 Å². The van der Waals surface area contributed by atoms with Gasteiger partial charge in [-0.05, 0) is 48.1 Å². The molecule has 0 saturated carbocycles. The van der Waals surface area contributed by atoms with Gasteiger partial charge in [0.2, 0.25) is 0 Å². The van der Waals surface area contributed by atoms with Gasteiger partial charge >= 0.3 is 0 Å². The van der Waals surface area contributed by atoms with Gasteiger partial charge < -0.3 is 15.1 Å². The second-order valence-corrected chi connectivity index (χ2v) is 8.28. The van der Waals surface area contributed by atoms with Crippen molar-refractivity contribution in [2.24, 2.45) is 0 Å². The van der Waals surface area contributed by atoms with Gasteiger partial charge in [0.25, 0.3) is 11.8 Å². The van der Waals surface area contributed by atoms with Crippen LogP contribution in [0.2, 0.25) is 0 Å². The van der Waals surface area contributed by atoms with Crippen LogP contribution in [0.4, 0.5) is 11.4 Å². The Labute approximate surface area is 180 Å². The number of para-hydroxylation sites is 2. The molecule has 1 saturated heterocycles. The maximum Gasteiger partial charge on any atom is 0.256 e. The predicted molar refractivity (Wildman–Crippen MR) is 122 cm³/mol. The number of benzene rings is 2. The Kier molecular flexibility index (Phi) is 6.14. The fourth-order valence-corrected chi connectivity index (χ4v) is 4.45. The third-order valence-electron chi connectivity index (χ3n) is 5.38. The van der Waals surface area contributed by atoms with Crippen LogP contribution in [0.1, 0.15) is 39.1 Å². The zero-order valence-electron chi connectivity index (χ0n) is 17.0. The molecule has 1 aliphatic rings. The summed E-state index contributed by atoms with van der Waals surface area (Å²) in [6.07, 6.45) is 2.42. The van der Waals surface area contributed by atoms with Gasteiger partial charge in [0.05, 0.1) is 16.8 Å². The van der Waals surface area contributed by atoms with Crippen LogP contribution in [0.15, 0.2) is 65.4 Å². The molecule has 2 aromatic carbocycles. The van der Waals surface area contributed by atoms with Crippen LogP contribution in [0, 0.1) is 0 Å². The van der Waals surface area contributed by atoms with Crippen LogP contribution in [0.5, 0.6) is 0 Å². The van der Waals surface area contributed by atoms with Crippen LogP contribution >= 0.6 is 11.3 Å². The molecular weight excluding hydrogens is 394 g/mol. The zero-order valence-corrected chi connectivity index (χ0v) is 17.8. The SMILES string of the molecule is CN(Cc1ccccc1N1CCCC1)C(=O)c1ccccc1NC(=O)c1ccsc1. The summed E-state index contributed by atoms with van der Waals surface area (Å²) >= 11 is 1.47. The van der Waals surface area contributed by atoms with Crippen LogP contribution < -0.4 is 10.2 Å². The Hall–Kier alpha value is -3.12. The smallest absolute Gasteiger partial charge is 0.256 e. The first-order valence-corrected chi connectivity index (χ1v) is 11.1. The Bertz CT molecular complexity index is 1030. The van der Waals surface area contributed by atoms with Gasteiger partial charge in [0.15, 0.2) is 0 Å². The maximum absolute atomic E-state index is 13.2. The van der Waals surface area contributed by atoms with Crippen molar-refractivity contribution in [2.75, 3.05) is 30.4 Å². The lowest BCUT2D eigenvalue weighted by Crippen LogP contribution is -2.29. The molecule has 0 atom stereocenters. The molecule has 0 radical (unpaired) electrons. The highest BCUT2D eigenvalue weighted by Crippen LogP contribution is 2.26. The molecule has 2 heterocycles. The van der Waals surface area contributed by atoms with Crippen molar-refractivity contribution in [3.8, 4) is 0 Å². The van der Waals surface area contributed by atoms with E-state index >= 15 is 0 Å². The van der Waals surface area contributed by atoms with Crippen molar-refractivity contribution in [3.63, 3.8) is 0 Å². The minimum absolute atomic E-state index is 0.118. The largest absolute Gasteiger partial charge is 0.371 e. The van der Waals surface area contributed by atoms with Crippen LogP contribution in [-0.4, -0.2) is 36.9 Å². The second-order valence-electron chi connectivity index (χ2n) is 7.50. The number of anilines is 2. The molecule has 1 N–H and O–H groups in total. The molecule has 3 aromatic rings. The zero-order chi connectivity index (χ0) is 20.9. The highest BCUT2D eigenvalue weighted by Gasteiger charge is 2.20. The first-order valence-electron chi connectivity index (χ1n) is 10.1. The highest BCUT2D eigenvalue weighted by atomic mass is 32.1. The third-order valence-corrected chi connectivity index (χ3v) is 6.06. The standard InChI is InChI=1S/C24H25N3O2S/c1-26(16-18-8-2-5-11-22(18)27-13-6-7-14-27)24(29)20-9-3-4-10-21(20)25-23(28)19-12-15-30-17-19/h2-5,8-12,15,17H,6-7,13-14,16H2,1H3,(H,25,28). The van der Waals surface area contributed by atoms with E-state index in [9.17, 15) is 9.59 Å². The summed E-state index contributed by atoms with van der Waals surface area (Å²) in [5.41, 5.74) is 3.94. The molecule has 0 unspecified atom stereocenters. The summed E-state index contributed by atoms with van der Waals surface area (Å²) in [4.78, 5) is 29.8. The molecule has 6 heteroatoms. The average molecular weight is 420 g/mol. The van der Waals surface area contributed by atoms with E-state index in [-0.39, 0.29) is 11.8 Å². The number of carbonyl (C=O) groups excluding carboxylic acids is 2. The molecule has 0 spiro atoms. The quantitative estimate of drug-likeness (QED) is 0.620. The van der Waals surface area contributed by atoms with Crippen molar-refractivity contribution in [3.05, 3.63) is 82.0 Å². The molecule has 5 nitrogen and oxygen atoms in total. The topological polar surface area (TPSA) is 52.6 Å². The lowest BCUT2D eigenvalue weighted by molar-refractivity contribution is 0.0786. The van der Waals surface area contributed by atoms with Gasteiger partial charge in [0.1, 0.15) is 0 Å². The number of hydrogen-bond acceptors (Lipinski definition) is 4. The summed E-state index contributed by atoms with van der Waals surface area (Å²) in [7, 11) is 1.81. The van der Waals surface area contributed by atoms with E-state index in [4.69, 9.17) is 0 Å². The molecule has 154 valence electrons. The maximum atomic E-state index is 13.2. The van der Waals surface area contributed by atoms with Gasteiger partial charge in [-0.2, -0.15) is 11.3 Å². The lowest BCUT2D eigenvalue weighted by Gasteiger charge is -2.25.